The Hall–Kier alpha value is -3.76. The summed E-state index contributed by atoms with van der Waals surface area (Å²) >= 11 is 0. The van der Waals surface area contributed by atoms with Gasteiger partial charge in [-0.1, -0.05) is 6.07 Å². The van der Waals surface area contributed by atoms with Crippen LogP contribution in [0.15, 0.2) is 36.7 Å². The fourth-order valence-corrected chi connectivity index (χ4v) is 6.41. The smallest absolute Gasteiger partial charge is 0.235 e. The number of fused-ring (bicyclic) bond motifs is 3. The van der Waals surface area contributed by atoms with Gasteiger partial charge >= 0.3 is 0 Å². The number of phenols is 1. The SMILES string of the molecule is CN(C)[C@H]1C(=O)C(C(N)=O)C(=O)[C@]2(O)C(=O)C3C(=O)c4c(O)ccc(-c5ccncc5)c4C[C@@H]3C[C@H]12. The number of benzene rings is 1. The summed E-state index contributed by atoms with van der Waals surface area (Å²) < 4.78 is 0. The number of aromatic hydroxyl groups is 1. The third-order valence-electron chi connectivity index (χ3n) is 7.94. The lowest BCUT2D eigenvalue weighted by Crippen LogP contribution is -2.74. The van der Waals surface area contributed by atoms with E-state index < -0.39 is 64.4 Å². The number of Topliss-reactive ketones (excluding diaryl/α,β-unsaturated/α-hetero) is 4. The van der Waals surface area contributed by atoms with E-state index in [2.05, 4.69) is 4.98 Å². The second kappa shape index (κ2) is 8.14. The third-order valence-corrected chi connectivity index (χ3v) is 7.94. The summed E-state index contributed by atoms with van der Waals surface area (Å²) in [6.07, 6.45) is 3.41. The zero-order chi connectivity index (χ0) is 26.1. The minimum absolute atomic E-state index is 0.00926. The minimum Gasteiger partial charge on any atom is -0.507 e. The van der Waals surface area contributed by atoms with Crippen LogP contribution >= 0.6 is 0 Å². The fraction of sp³-hybridized carbons (Fsp3) is 0.385. The van der Waals surface area contributed by atoms with Crippen LogP contribution in [0, 0.1) is 23.7 Å². The van der Waals surface area contributed by atoms with Gasteiger partial charge < -0.3 is 15.9 Å². The van der Waals surface area contributed by atoms with Gasteiger partial charge in [0.15, 0.2) is 34.7 Å². The lowest BCUT2D eigenvalue weighted by Gasteiger charge is -2.52. The summed E-state index contributed by atoms with van der Waals surface area (Å²) in [4.78, 5) is 71.4. The molecule has 6 atom stereocenters. The molecule has 3 aliphatic carbocycles. The molecule has 4 N–H and O–H groups in total. The van der Waals surface area contributed by atoms with Crippen LogP contribution < -0.4 is 5.73 Å². The summed E-state index contributed by atoms with van der Waals surface area (Å²) in [6.45, 7) is 0. The van der Waals surface area contributed by atoms with E-state index in [9.17, 15) is 34.2 Å². The summed E-state index contributed by atoms with van der Waals surface area (Å²) in [6, 6.07) is 5.45. The number of phenolic OH excluding ortho intramolecular Hbond substituents is 1. The molecule has 0 radical (unpaired) electrons. The quantitative estimate of drug-likeness (QED) is 0.498. The van der Waals surface area contributed by atoms with Crippen molar-refractivity contribution < 1.29 is 34.2 Å². The third kappa shape index (κ3) is 3.11. The van der Waals surface area contributed by atoms with Gasteiger partial charge in [-0.25, -0.2) is 0 Å². The van der Waals surface area contributed by atoms with Crippen LogP contribution in [0.2, 0.25) is 0 Å². The lowest BCUT2D eigenvalue weighted by atomic mass is 9.52. The summed E-state index contributed by atoms with van der Waals surface area (Å²) in [5.74, 6) is -10.5. The van der Waals surface area contributed by atoms with Crippen molar-refractivity contribution in [2.24, 2.45) is 29.4 Å². The predicted molar refractivity (Wildman–Crippen MR) is 125 cm³/mol. The van der Waals surface area contributed by atoms with Crippen LogP contribution in [0.25, 0.3) is 11.1 Å². The van der Waals surface area contributed by atoms with Gasteiger partial charge in [-0.05, 0) is 67.7 Å². The number of aliphatic hydroxyl groups is 1. The van der Waals surface area contributed by atoms with Crippen LogP contribution in [0.3, 0.4) is 0 Å². The van der Waals surface area contributed by atoms with Crippen molar-refractivity contribution in [1.29, 1.82) is 0 Å². The molecular formula is C26H25N3O7. The molecule has 0 aliphatic heterocycles. The molecule has 0 spiro atoms. The number of carbonyl (C=O) groups is 5. The second-order valence-corrected chi connectivity index (χ2v) is 10.0. The Morgan fingerprint density at radius 2 is 1.75 bits per heavy atom. The largest absolute Gasteiger partial charge is 0.507 e. The molecular weight excluding hydrogens is 466 g/mol. The van der Waals surface area contributed by atoms with Gasteiger partial charge in [0.2, 0.25) is 5.91 Å². The summed E-state index contributed by atoms with van der Waals surface area (Å²) in [5, 5.41) is 22.2. The number of nitrogens with zero attached hydrogens (tertiary/aromatic N) is 2. The molecule has 10 heteroatoms. The van der Waals surface area contributed by atoms with Crippen LogP contribution in [0.4, 0.5) is 0 Å². The van der Waals surface area contributed by atoms with E-state index in [1.165, 1.54) is 11.0 Å². The first-order valence-electron chi connectivity index (χ1n) is 11.6. The zero-order valence-electron chi connectivity index (χ0n) is 19.7. The van der Waals surface area contributed by atoms with Crippen molar-refractivity contribution in [3.63, 3.8) is 0 Å². The van der Waals surface area contributed by atoms with E-state index in [1.54, 1.807) is 44.7 Å². The maximum Gasteiger partial charge on any atom is 0.235 e. The van der Waals surface area contributed by atoms with Crippen molar-refractivity contribution in [3.8, 4) is 16.9 Å². The molecule has 0 saturated heterocycles. The summed E-state index contributed by atoms with van der Waals surface area (Å²) in [5.41, 5.74) is 4.58. The van der Waals surface area contributed by atoms with E-state index in [0.29, 0.717) is 11.1 Å². The maximum atomic E-state index is 13.8. The minimum atomic E-state index is -2.73. The van der Waals surface area contributed by atoms with Gasteiger partial charge in [0, 0.05) is 18.3 Å². The molecule has 2 unspecified atom stereocenters. The highest BCUT2D eigenvalue weighted by Gasteiger charge is 2.69. The van der Waals surface area contributed by atoms with Gasteiger partial charge in [-0.3, -0.25) is 33.9 Å². The highest BCUT2D eigenvalue weighted by Crippen LogP contribution is 2.51. The highest BCUT2D eigenvalue weighted by molar-refractivity contribution is 6.32. The molecule has 1 amide bonds. The topological polar surface area (TPSA) is 168 Å². The van der Waals surface area contributed by atoms with E-state index in [4.69, 9.17) is 5.73 Å². The van der Waals surface area contributed by atoms with Gasteiger partial charge in [-0.15, -0.1) is 0 Å². The molecule has 10 nitrogen and oxygen atoms in total. The molecule has 2 aromatic rings. The number of carbonyl (C=O) groups excluding carboxylic acids is 5. The predicted octanol–water partition coefficient (Wildman–Crippen LogP) is -0.0710. The number of ketones is 4. The molecule has 186 valence electrons. The molecule has 36 heavy (non-hydrogen) atoms. The number of amides is 1. The van der Waals surface area contributed by atoms with E-state index >= 15 is 0 Å². The lowest BCUT2D eigenvalue weighted by molar-refractivity contribution is -0.181. The van der Waals surface area contributed by atoms with Crippen molar-refractivity contribution in [1.82, 2.24) is 9.88 Å². The van der Waals surface area contributed by atoms with E-state index in [1.807, 2.05) is 0 Å². The van der Waals surface area contributed by atoms with Crippen LogP contribution in [0.5, 0.6) is 5.75 Å². The van der Waals surface area contributed by atoms with Crippen molar-refractivity contribution >= 4 is 29.0 Å². The Balaban J connectivity index is 1.66. The normalized spacial score (nSPS) is 31.6. The number of rotatable bonds is 3. The summed E-state index contributed by atoms with van der Waals surface area (Å²) in [7, 11) is 3.10. The molecule has 1 heterocycles. The highest BCUT2D eigenvalue weighted by atomic mass is 16.3. The number of primary amides is 1. The molecule has 5 rings (SSSR count). The number of nitrogens with two attached hydrogens (primary N) is 1. The number of hydrogen-bond donors (Lipinski definition) is 3. The van der Waals surface area contributed by atoms with Crippen LogP contribution in [-0.4, -0.2) is 74.9 Å². The van der Waals surface area contributed by atoms with E-state index in [0.717, 1.165) is 5.56 Å². The number of pyridine rings is 1. The van der Waals surface area contributed by atoms with E-state index in [-0.39, 0.29) is 24.2 Å². The Morgan fingerprint density at radius 3 is 2.36 bits per heavy atom. The fourth-order valence-electron chi connectivity index (χ4n) is 6.41. The number of hydrogen-bond acceptors (Lipinski definition) is 9. The average molecular weight is 492 g/mol. The zero-order valence-corrected chi connectivity index (χ0v) is 19.7. The Bertz CT molecular complexity index is 1340. The van der Waals surface area contributed by atoms with Gasteiger partial charge in [0.25, 0.3) is 0 Å². The van der Waals surface area contributed by atoms with Gasteiger partial charge in [0.1, 0.15) is 5.75 Å². The Kier molecular flexibility index (Phi) is 5.42. The molecule has 1 aromatic carbocycles. The molecule has 0 bridgehead atoms. The Morgan fingerprint density at radius 1 is 1.08 bits per heavy atom. The first kappa shape index (κ1) is 24.0. The standard InChI is InChI=1S/C26H25N3O7/c1-29(2)20-15-10-12-9-14-13(11-5-7-28-8-6-11)3-4-16(30)18(14)21(31)17(12)23(33)26(15,36)24(34)19(22(20)32)25(27)35/h3-8,12,15,17,19-20,30,36H,9-10H2,1-2H3,(H2,27,35)/t12-,15-,17?,19?,20-,26-/m1/s1. The van der Waals surface area contributed by atoms with Crippen LogP contribution in [-0.2, 0) is 25.6 Å². The van der Waals surface area contributed by atoms with Gasteiger partial charge in [-0.2, -0.15) is 0 Å². The van der Waals surface area contributed by atoms with Crippen molar-refractivity contribution in [2.45, 2.75) is 24.5 Å². The van der Waals surface area contributed by atoms with Gasteiger partial charge in [0.05, 0.1) is 17.5 Å². The van der Waals surface area contributed by atoms with Crippen molar-refractivity contribution in [3.05, 3.63) is 47.8 Å². The molecule has 1 aromatic heterocycles. The molecule has 3 aliphatic rings. The maximum absolute atomic E-state index is 13.8. The number of likely N-dealkylation sites (N-methyl/N-ethyl adjacent to an activating group) is 1. The first-order valence-corrected chi connectivity index (χ1v) is 11.6. The number of aromatic nitrogens is 1. The monoisotopic (exact) mass is 491 g/mol. The second-order valence-electron chi connectivity index (χ2n) is 10.0. The molecule has 2 saturated carbocycles. The Labute approximate surface area is 206 Å². The molecule has 2 fully saturated rings. The van der Waals surface area contributed by atoms with Crippen molar-refractivity contribution in [2.75, 3.05) is 14.1 Å². The van der Waals surface area contributed by atoms with Crippen LogP contribution in [0.1, 0.15) is 22.3 Å². The average Bonchev–Trinajstić information content (AvgIpc) is 2.81. The first-order chi connectivity index (χ1) is 17.0.